The van der Waals surface area contributed by atoms with E-state index in [0.29, 0.717) is 12.8 Å². The maximum absolute atomic E-state index is 13.0. The van der Waals surface area contributed by atoms with Crippen molar-refractivity contribution in [3.8, 4) is 0 Å². The van der Waals surface area contributed by atoms with Gasteiger partial charge in [-0.25, -0.2) is 21.6 Å². The van der Waals surface area contributed by atoms with E-state index < -0.39 is 32.0 Å². The molecule has 1 fully saturated rings. The quantitative estimate of drug-likeness (QED) is 0.575. The molecule has 1 saturated heterocycles. The van der Waals surface area contributed by atoms with Crippen LogP contribution in [0.4, 0.5) is 0 Å². The molecule has 0 spiro atoms. The van der Waals surface area contributed by atoms with Gasteiger partial charge in [0.25, 0.3) is 0 Å². The number of hydrogen-bond acceptors (Lipinski definition) is 5. The second-order valence-corrected chi connectivity index (χ2v) is 11.2. The van der Waals surface area contributed by atoms with Crippen molar-refractivity contribution in [1.29, 1.82) is 0 Å². The molecule has 0 unspecified atom stereocenters. The first-order valence-corrected chi connectivity index (χ1v) is 13.0. The van der Waals surface area contributed by atoms with Gasteiger partial charge >= 0.3 is 0 Å². The van der Waals surface area contributed by atoms with Crippen LogP contribution in [-0.4, -0.2) is 52.7 Å². The molecule has 1 heterocycles. The van der Waals surface area contributed by atoms with Crippen LogP contribution >= 0.6 is 0 Å². The van der Waals surface area contributed by atoms with Gasteiger partial charge in [0.2, 0.25) is 26.0 Å². The molecule has 2 aromatic carbocycles. The van der Waals surface area contributed by atoms with E-state index in [9.17, 15) is 21.6 Å². The maximum atomic E-state index is 13.0. The van der Waals surface area contributed by atoms with Crippen LogP contribution in [0.15, 0.2) is 58.3 Å². The van der Waals surface area contributed by atoms with Gasteiger partial charge in [-0.2, -0.15) is 4.31 Å². The van der Waals surface area contributed by atoms with E-state index >= 15 is 0 Å². The van der Waals surface area contributed by atoms with E-state index in [1.165, 1.54) is 28.6 Å². The van der Waals surface area contributed by atoms with Gasteiger partial charge in [-0.05, 0) is 51.0 Å². The van der Waals surface area contributed by atoms with Gasteiger partial charge < -0.3 is 5.32 Å². The van der Waals surface area contributed by atoms with Gasteiger partial charge in [0.05, 0.1) is 9.79 Å². The number of hydrogen-bond donors (Lipinski definition) is 2. The maximum Gasteiger partial charge on any atom is 0.243 e. The minimum absolute atomic E-state index is 0.000613. The lowest BCUT2D eigenvalue weighted by Crippen LogP contribution is -2.47. The largest absolute Gasteiger partial charge is 0.353 e. The van der Waals surface area contributed by atoms with Crippen LogP contribution in [0.3, 0.4) is 0 Å². The molecular formula is C21H27N3O5S2. The summed E-state index contributed by atoms with van der Waals surface area (Å²) in [6.07, 6.45) is 1.01. The van der Waals surface area contributed by atoms with Crippen molar-refractivity contribution in [2.45, 2.75) is 42.5 Å². The van der Waals surface area contributed by atoms with E-state index in [4.69, 9.17) is 0 Å². The standard InChI is InChI=1S/C21H27N3O5S2/c1-16-5-9-18(10-6-16)30(26,27)23-14-13-22-21(25)20-4-3-15-24(20)31(28,29)19-11-7-17(2)8-12-19/h5-12,20,23H,3-4,13-15H2,1-2H3,(H,22,25)/t20-/m0/s1. The Bertz CT molecular complexity index is 1130. The Morgan fingerprint density at radius 3 is 2.03 bits per heavy atom. The summed E-state index contributed by atoms with van der Waals surface area (Å²) in [4.78, 5) is 12.9. The summed E-state index contributed by atoms with van der Waals surface area (Å²) in [6.45, 7) is 4.06. The van der Waals surface area contributed by atoms with E-state index in [1.54, 1.807) is 24.3 Å². The van der Waals surface area contributed by atoms with Gasteiger partial charge in [0.1, 0.15) is 6.04 Å². The number of carbonyl (C=O) groups is 1. The molecule has 0 radical (unpaired) electrons. The van der Waals surface area contributed by atoms with Crippen molar-refractivity contribution in [3.63, 3.8) is 0 Å². The third-order valence-electron chi connectivity index (χ3n) is 5.18. The first kappa shape index (κ1) is 23.4. The number of benzene rings is 2. The number of rotatable bonds is 8. The van der Waals surface area contributed by atoms with Gasteiger partial charge in [-0.3, -0.25) is 4.79 Å². The van der Waals surface area contributed by atoms with E-state index in [-0.39, 0.29) is 29.4 Å². The monoisotopic (exact) mass is 465 g/mol. The molecule has 1 atom stereocenters. The Morgan fingerprint density at radius 1 is 0.903 bits per heavy atom. The summed E-state index contributed by atoms with van der Waals surface area (Å²) in [5.74, 6) is -0.428. The number of nitrogens with one attached hydrogen (secondary N) is 2. The highest BCUT2D eigenvalue weighted by Gasteiger charge is 2.39. The lowest BCUT2D eigenvalue weighted by atomic mass is 10.2. The minimum atomic E-state index is -3.78. The average molecular weight is 466 g/mol. The highest BCUT2D eigenvalue weighted by molar-refractivity contribution is 7.89. The molecule has 1 aliphatic rings. The lowest BCUT2D eigenvalue weighted by molar-refractivity contribution is -0.124. The number of nitrogens with zero attached hydrogens (tertiary/aromatic N) is 1. The second-order valence-electron chi connectivity index (χ2n) is 7.59. The molecule has 2 N–H and O–H groups in total. The summed E-state index contributed by atoms with van der Waals surface area (Å²) in [6, 6.07) is 12.2. The van der Waals surface area contributed by atoms with E-state index in [0.717, 1.165) is 11.1 Å². The normalized spacial score (nSPS) is 17.5. The molecular weight excluding hydrogens is 438 g/mol. The van der Waals surface area contributed by atoms with Crippen molar-refractivity contribution in [1.82, 2.24) is 14.3 Å². The highest BCUT2D eigenvalue weighted by atomic mass is 32.2. The number of sulfonamides is 2. The molecule has 168 valence electrons. The fraction of sp³-hybridized carbons (Fsp3) is 0.381. The second kappa shape index (κ2) is 9.47. The first-order valence-electron chi connectivity index (χ1n) is 10.0. The Kier molecular flexibility index (Phi) is 7.15. The Morgan fingerprint density at radius 2 is 1.45 bits per heavy atom. The van der Waals surface area contributed by atoms with Crippen LogP contribution in [0.5, 0.6) is 0 Å². The molecule has 10 heteroatoms. The number of carbonyl (C=O) groups excluding carboxylic acids is 1. The third-order valence-corrected chi connectivity index (χ3v) is 8.58. The molecule has 3 rings (SSSR count). The summed E-state index contributed by atoms with van der Waals surface area (Å²) >= 11 is 0. The number of amides is 1. The zero-order valence-electron chi connectivity index (χ0n) is 17.5. The summed E-state index contributed by atoms with van der Waals surface area (Å²) in [5, 5.41) is 2.65. The molecule has 1 amide bonds. The molecule has 1 aliphatic heterocycles. The third kappa shape index (κ3) is 5.51. The molecule has 8 nitrogen and oxygen atoms in total. The van der Waals surface area contributed by atoms with Crippen molar-refractivity contribution >= 4 is 26.0 Å². The fourth-order valence-corrected chi connectivity index (χ4v) is 6.11. The molecule has 31 heavy (non-hydrogen) atoms. The van der Waals surface area contributed by atoms with Gasteiger partial charge in [0, 0.05) is 19.6 Å². The summed E-state index contributed by atoms with van der Waals surface area (Å²) < 4.78 is 54.2. The Balaban J connectivity index is 1.57. The predicted octanol–water partition coefficient (Wildman–Crippen LogP) is 1.55. The number of aryl methyl sites for hydroxylation is 2. The van der Waals surface area contributed by atoms with Crippen molar-refractivity contribution in [2.24, 2.45) is 0 Å². The van der Waals surface area contributed by atoms with Crippen LogP contribution in [0.2, 0.25) is 0 Å². The van der Waals surface area contributed by atoms with Crippen LogP contribution in [-0.2, 0) is 24.8 Å². The van der Waals surface area contributed by atoms with Crippen LogP contribution in [0, 0.1) is 13.8 Å². The topological polar surface area (TPSA) is 113 Å². The van der Waals surface area contributed by atoms with Crippen LogP contribution in [0.1, 0.15) is 24.0 Å². The molecule has 0 aliphatic carbocycles. The highest BCUT2D eigenvalue weighted by Crippen LogP contribution is 2.26. The molecule has 0 bridgehead atoms. The fourth-order valence-electron chi connectivity index (χ4n) is 3.43. The average Bonchev–Trinajstić information content (AvgIpc) is 3.23. The SMILES string of the molecule is Cc1ccc(S(=O)(=O)NCCNC(=O)[C@@H]2CCCN2S(=O)(=O)c2ccc(C)cc2)cc1. The zero-order valence-corrected chi connectivity index (χ0v) is 19.2. The predicted molar refractivity (Wildman–Crippen MR) is 117 cm³/mol. The van der Waals surface area contributed by atoms with Crippen molar-refractivity contribution < 1.29 is 21.6 Å². The van der Waals surface area contributed by atoms with E-state index in [1.807, 2.05) is 13.8 Å². The van der Waals surface area contributed by atoms with Gasteiger partial charge in [-0.15, -0.1) is 0 Å². The summed E-state index contributed by atoms with van der Waals surface area (Å²) in [7, 11) is -7.46. The Labute approximate surface area is 183 Å². The molecule has 2 aromatic rings. The first-order chi connectivity index (χ1) is 14.6. The Hall–Kier alpha value is -2.27. The van der Waals surface area contributed by atoms with Gasteiger partial charge in [0.15, 0.2) is 0 Å². The van der Waals surface area contributed by atoms with Crippen molar-refractivity contribution in [3.05, 3.63) is 59.7 Å². The van der Waals surface area contributed by atoms with E-state index in [2.05, 4.69) is 10.0 Å². The summed E-state index contributed by atoms with van der Waals surface area (Å²) in [5.41, 5.74) is 1.90. The zero-order chi connectivity index (χ0) is 22.6. The van der Waals surface area contributed by atoms with Crippen molar-refractivity contribution in [2.75, 3.05) is 19.6 Å². The minimum Gasteiger partial charge on any atom is -0.353 e. The molecule has 0 aromatic heterocycles. The molecule has 0 saturated carbocycles. The van der Waals surface area contributed by atoms with Crippen LogP contribution < -0.4 is 10.0 Å². The lowest BCUT2D eigenvalue weighted by Gasteiger charge is -2.23. The van der Waals surface area contributed by atoms with Gasteiger partial charge in [-0.1, -0.05) is 35.4 Å². The smallest absolute Gasteiger partial charge is 0.243 e. The van der Waals surface area contributed by atoms with Crippen LogP contribution in [0.25, 0.3) is 0 Å².